The van der Waals surface area contributed by atoms with Crippen LogP contribution in [-0.2, 0) is 0 Å². The lowest BCUT2D eigenvalue weighted by atomic mass is 10.4. The summed E-state index contributed by atoms with van der Waals surface area (Å²) in [7, 11) is 1.49. The minimum atomic E-state index is -0.507. The van der Waals surface area contributed by atoms with Crippen LogP contribution in [-0.4, -0.2) is 21.6 Å². The number of hydrogen-bond donors (Lipinski definition) is 1. The maximum Gasteiger partial charge on any atom is 0.333 e. The Kier molecular flexibility index (Phi) is 3.33. The molecule has 2 aromatic heterocycles. The summed E-state index contributed by atoms with van der Waals surface area (Å²) >= 11 is 3.14. The second kappa shape index (κ2) is 4.77. The first-order valence-corrected chi connectivity index (χ1v) is 5.85. The number of aromatic nitrogens is 3. The van der Waals surface area contributed by atoms with Gasteiger partial charge in [0.15, 0.2) is 0 Å². The number of methoxy groups -OCH3 is 1. The largest absolute Gasteiger partial charge is 0.481 e. The lowest BCUT2D eigenvalue weighted by Crippen LogP contribution is -2.35. The molecule has 0 saturated heterocycles. The minimum absolute atomic E-state index is 0.318. The number of hydrogen-bond acceptors (Lipinski definition) is 4. The van der Waals surface area contributed by atoms with Crippen molar-refractivity contribution in [3.63, 3.8) is 0 Å². The third kappa shape index (κ3) is 2.08. The highest BCUT2D eigenvalue weighted by atomic mass is 79.9. The second-order valence-corrected chi connectivity index (χ2v) is 4.36. The Bertz CT molecular complexity index is 688. The molecule has 6 nitrogen and oxygen atoms in total. The van der Waals surface area contributed by atoms with Crippen LogP contribution in [0.2, 0.25) is 0 Å². The molecule has 2 aromatic rings. The summed E-state index contributed by atoms with van der Waals surface area (Å²) < 4.78 is 6.24. The molecule has 0 amide bonds. The van der Waals surface area contributed by atoms with E-state index in [0.29, 0.717) is 21.7 Å². The summed E-state index contributed by atoms with van der Waals surface area (Å²) in [6.45, 7) is 1.64. The fraction of sp³-hybridized carbons (Fsp3) is 0.182. The molecule has 2 rings (SSSR count). The van der Waals surface area contributed by atoms with Gasteiger partial charge >= 0.3 is 5.69 Å². The van der Waals surface area contributed by atoms with Crippen molar-refractivity contribution in [2.75, 3.05) is 7.11 Å². The predicted molar refractivity (Wildman–Crippen MR) is 69.4 cm³/mol. The molecular formula is C11H10BrN3O3. The van der Waals surface area contributed by atoms with E-state index in [-0.39, 0.29) is 0 Å². The first-order chi connectivity index (χ1) is 8.54. The van der Waals surface area contributed by atoms with Gasteiger partial charge in [-0.05, 0) is 28.9 Å². The van der Waals surface area contributed by atoms with Crippen LogP contribution < -0.4 is 16.0 Å². The maximum atomic E-state index is 12.0. The van der Waals surface area contributed by atoms with Crippen molar-refractivity contribution in [2.24, 2.45) is 0 Å². The average Bonchev–Trinajstić information content (AvgIpc) is 2.37. The van der Waals surface area contributed by atoms with E-state index < -0.39 is 11.2 Å². The molecule has 0 saturated carbocycles. The molecule has 0 unspecified atom stereocenters. The normalized spacial score (nSPS) is 10.4. The Labute approximate surface area is 110 Å². The highest BCUT2D eigenvalue weighted by molar-refractivity contribution is 9.10. The van der Waals surface area contributed by atoms with Gasteiger partial charge in [0.05, 0.1) is 19.0 Å². The van der Waals surface area contributed by atoms with Crippen molar-refractivity contribution in [1.29, 1.82) is 0 Å². The first kappa shape index (κ1) is 12.6. The number of aromatic amines is 1. The Morgan fingerprint density at radius 1 is 1.39 bits per heavy atom. The first-order valence-electron chi connectivity index (χ1n) is 5.06. The third-order valence-electron chi connectivity index (χ3n) is 2.41. The smallest absolute Gasteiger partial charge is 0.333 e. The SMILES string of the molecule is COc1ccc(-n2c(=O)[nH]c(C)c(Br)c2=O)cn1. The molecule has 0 aliphatic rings. The summed E-state index contributed by atoms with van der Waals surface area (Å²) in [6.07, 6.45) is 1.40. The van der Waals surface area contributed by atoms with Crippen molar-refractivity contribution < 1.29 is 4.74 Å². The minimum Gasteiger partial charge on any atom is -0.481 e. The second-order valence-electron chi connectivity index (χ2n) is 3.57. The molecule has 0 bridgehead atoms. The Hall–Kier alpha value is -1.89. The molecule has 18 heavy (non-hydrogen) atoms. The topological polar surface area (TPSA) is 77.0 Å². The zero-order valence-corrected chi connectivity index (χ0v) is 11.3. The van der Waals surface area contributed by atoms with Gasteiger partial charge in [-0.1, -0.05) is 0 Å². The summed E-state index contributed by atoms with van der Waals surface area (Å²) in [5, 5.41) is 0. The van der Waals surface area contributed by atoms with Gasteiger partial charge in [0, 0.05) is 11.8 Å². The fourth-order valence-electron chi connectivity index (χ4n) is 1.48. The quantitative estimate of drug-likeness (QED) is 0.897. The summed E-state index contributed by atoms with van der Waals surface area (Å²) in [4.78, 5) is 30.3. The molecule has 2 heterocycles. The Morgan fingerprint density at radius 3 is 2.67 bits per heavy atom. The molecule has 0 aromatic carbocycles. The van der Waals surface area contributed by atoms with E-state index in [0.717, 1.165) is 4.57 Å². The number of nitrogens with one attached hydrogen (secondary N) is 1. The number of halogens is 1. The van der Waals surface area contributed by atoms with E-state index in [4.69, 9.17) is 4.74 Å². The Morgan fingerprint density at radius 2 is 2.11 bits per heavy atom. The molecule has 0 radical (unpaired) electrons. The average molecular weight is 312 g/mol. The number of nitrogens with zero attached hydrogens (tertiary/aromatic N) is 2. The van der Waals surface area contributed by atoms with Crippen LogP contribution in [0.5, 0.6) is 5.88 Å². The van der Waals surface area contributed by atoms with Crippen molar-refractivity contribution in [2.45, 2.75) is 6.92 Å². The summed E-state index contributed by atoms with van der Waals surface area (Å²) in [5.41, 5.74) is -0.0682. The van der Waals surface area contributed by atoms with Crippen LogP contribution in [0.4, 0.5) is 0 Å². The van der Waals surface area contributed by atoms with Crippen LogP contribution in [0.3, 0.4) is 0 Å². The lowest BCUT2D eigenvalue weighted by Gasteiger charge is -2.06. The standard InChI is InChI=1S/C11H10BrN3O3/c1-6-9(12)10(16)15(11(17)14-6)7-3-4-8(18-2)13-5-7/h3-5H,1-2H3,(H,14,17). The summed E-state index contributed by atoms with van der Waals surface area (Å²) in [5.74, 6) is 0.411. The zero-order valence-electron chi connectivity index (χ0n) is 9.73. The lowest BCUT2D eigenvalue weighted by molar-refractivity contribution is 0.397. The van der Waals surface area contributed by atoms with Gasteiger partial charge in [-0.3, -0.25) is 4.79 Å². The molecule has 0 fully saturated rings. The molecule has 7 heteroatoms. The molecule has 94 valence electrons. The fourth-order valence-corrected chi connectivity index (χ4v) is 1.76. The van der Waals surface area contributed by atoms with E-state index in [1.54, 1.807) is 19.1 Å². The number of pyridine rings is 1. The summed E-state index contributed by atoms with van der Waals surface area (Å²) in [6, 6.07) is 3.17. The molecule has 0 atom stereocenters. The van der Waals surface area contributed by atoms with Gasteiger partial charge in [0.2, 0.25) is 5.88 Å². The molecular weight excluding hydrogens is 302 g/mol. The highest BCUT2D eigenvalue weighted by Crippen LogP contribution is 2.10. The van der Waals surface area contributed by atoms with Crippen molar-refractivity contribution in [3.05, 3.63) is 49.3 Å². The third-order valence-corrected chi connectivity index (χ3v) is 3.34. The van der Waals surface area contributed by atoms with Crippen molar-refractivity contribution in [1.82, 2.24) is 14.5 Å². The van der Waals surface area contributed by atoms with Gasteiger partial charge in [0.25, 0.3) is 5.56 Å². The van der Waals surface area contributed by atoms with E-state index in [1.807, 2.05) is 0 Å². The van der Waals surface area contributed by atoms with Crippen molar-refractivity contribution in [3.8, 4) is 11.6 Å². The van der Waals surface area contributed by atoms with E-state index >= 15 is 0 Å². The van der Waals surface area contributed by atoms with E-state index in [9.17, 15) is 9.59 Å². The zero-order chi connectivity index (χ0) is 13.3. The van der Waals surface area contributed by atoms with Gasteiger partial charge in [-0.15, -0.1) is 0 Å². The Balaban J connectivity index is 2.67. The molecule has 0 spiro atoms. The van der Waals surface area contributed by atoms with Gasteiger partial charge in [-0.2, -0.15) is 0 Å². The van der Waals surface area contributed by atoms with Crippen LogP contribution in [0.15, 0.2) is 32.4 Å². The highest BCUT2D eigenvalue weighted by Gasteiger charge is 2.10. The number of ether oxygens (including phenoxy) is 1. The number of aryl methyl sites for hydroxylation is 1. The van der Waals surface area contributed by atoms with Gasteiger partial charge < -0.3 is 9.72 Å². The molecule has 1 N–H and O–H groups in total. The van der Waals surface area contributed by atoms with E-state index in [1.165, 1.54) is 13.3 Å². The monoisotopic (exact) mass is 311 g/mol. The molecule has 0 aliphatic carbocycles. The van der Waals surface area contributed by atoms with E-state index in [2.05, 4.69) is 25.9 Å². The van der Waals surface area contributed by atoms with Crippen LogP contribution in [0, 0.1) is 6.92 Å². The van der Waals surface area contributed by atoms with Crippen molar-refractivity contribution >= 4 is 15.9 Å². The van der Waals surface area contributed by atoms with Crippen LogP contribution in [0.1, 0.15) is 5.69 Å². The molecule has 0 aliphatic heterocycles. The maximum absolute atomic E-state index is 12.0. The predicted octanol–water partition coefficient (Wildman–Crippen LogP) is 1.00. The van der Waals surface area contributed by atoms with Gasteiger partial charge in [-0.25, -0.2) is 14.3 Å². The van der Waals surface area contributed by atoms with Crippen LogP contribution >= 0.6 is 15.9 Å². The number of rotatable bonds is 2. The van der Waals surface area contributed by atoms with Crippen LogP contribution in [0.25, 0.3) is 5.69 Å². The van der Waals surface area contributed by atoms with Gasteiger partial charge in [0.1, 0.15) is 4.47 Å². The number of H-pyrrole nitrogens is 1.